The molecule has 1 aliphatic rings. The van der Waals surface area contributed by atoms with Gasteiger partial charge in [-0.1, -0.05) is 13.8 Å². The number of likely N-dealkylation sites (tertiary alicyclic amines) is 1. The van der Waals surface area contributed by atoms with E-state index in [-0.39, 0.29) is 12.8 Å². The number of halogens is 1. The van der Waals surface area contributed by atoms with Gasteiger partial charge in [0.2, 0.25) is 0 Å². The van der Waals surface area contributed by atoms with E-state index in [9.17, 15) is 9.50 Å². The molecule has 0 aromatic rings. The zero-order valence-corrected chi connectivity index (χ0v) is 7.83. The average Bonchev–Trinajstić information content (AvgIpc) is 2.32. The number of aliphatic hydroxyl groups excluding tert-OH is 1. The highest BCUT2D eigenvalue weighted by molar-refractivity contribution is 4.86. The first-order chi connectivity index (χ1) is 5.65. The van der Waals surface area contributed by atoms with Crippen molar-refractivity contribution < 1.29 is 9.50 Å². The Kier molecular flexibility index (Phi) is 3.47. The van der Waals surface area contributed by atoms with E-state index in [0.717, 1.165) is 6.42 Å². The molecule has 0 unspecified atom stereocenters. The van der Waals surface area contributed by atoms with Gasteiger partial charge in [0, 0.05) is 19.1 Å². The number of hydrogen-bond donors (Lipinski definition) is 1. The molecular formula is C9H18FNO. The summed E-state index contributed by atoms with van der Waals surface area (Å²) in [7, 11) is 0. The van der Waals surface area contributed by atoms with Crippen LogP contribution in [0.3, 0.4) is 0 Å². The molecule has 0 aliphatic carbocycles. The third kappa shape index (κ3) is 2.17. The van der Waals surface area contributed by atoms with E-state index in [1.807, 2.05) is 0 Å². The lowest BCUT2D eigenvalue weighted by molar-refractivity contribution is 0.166. The first kappa shape index (κ1) is 9.93. The molecule has 2 nitrogen and oxygen atoms in total. The second-order valence-corrected chi connectivity index (χ2v) is 3.88. The van der Waals surface area contributed by atoms with Crippen LogP contribution in [0.25, 0.3) is 0 Å². The molecule has 0 saturated carbocycles. The van der Waals surface area contributed by atoms with Gasteiger partial charge in [0.15, 0.2) is 0 Å². The Labute approximate surface area is 73.4 Å². The summed E-state index contributed by atoms with van der Waals surface area (Å²) in [6.07, 6.45) is 0.557. The smallest absolute Gasteiger partial charge is 0.102 e. The van der Waals surface area contributed by atoms with Crippen LogP contribution in [-0.2, 0) is 0 Å². The van der Waals surface area contributed by atoms with Crippen LogP contribution < -0.4 is 0 Å². The lowest BCUT2D eigenvalue weighted by Gasteiger charge is -2.25. The molecule has 0 amide bonds. The van der Waals surface area contributed by atoms with Gasteiger partial charge < -0.3 is 5.11 Å². The van der Waals surface area contributed by atoms with Gasteiger partial charge in [-0.15, -0.1) is 0 Å². The molecule has 3 heteroatoms. The third-order valence-electron chi connectivity index (χ3n) is 2.57. The lowest BCUT2D eigenvalue weighted by Crippen LogP contribution is -2.35. The summed E-state index contributed by atoms with van der Waals surface area (Å²) in [5.41, 5.74) is 0. The van der Waals surface area contributed by atoms with Gasteiger partial charge in [0.25, 0.3) is 0 Å². The molecule has 72 valence electrons. The first-order valence-electron chi connectivity index (χ1n) is 4.63. The summed E-state index contributed by atoms with van der Waals surface area (Å²) in [5, 5.41) is 9.38. The predicted molar refractivity (Wildman–Crippen MR) is 46.8 cm³/mol. The molecule has 0 radical (unpaired) electrons. The molecule has 1 saturated heterocycles. The summed E-state index contributed by atoms with van der Waals surface area (Å²) in [6.45, 7) is 5.05. The number of alkyl halides is 1. The topological polar surface area (TPSA) is 23.5 Å². The minimum atomic E-state index is -0.310. The zero-order chi connectivity index (χ0) is 9.14. The summed E-state index contributed by atoms with van der Waals surface area (Å²) in [5.74, 6) is 0.508. The van der Waals surface area contributed by atoms with Gasteiger partial charge in [-0.3, -0.25) is 4.90 Å². The minimum Gasteiger partial charge on any atom is -0.392 e. The summed E-state index contributed by atoms with van der Waals surface area (Å²) < 4.78 is 12.1. The Morgan fingerprint density at radius 3 is 2.75 bits per heavy atom. The zero-order valence-electron chi connectivity index (χ0n) is 7.83. The Morgan fingerprint density at radius 2 is 2.25 bits per heavy atom. The molecule has 1 N–H and O–H groups in total. The van der Waals surface area contributed by atoms with Crippen molar-refractivity contribution in [2.75, 3.05) is 19.8 Å². The van der Waals surface area contributed by atoms with Crippen LogP contribution >= 0.6 is 0 Å². The van der Waals surface area contributed by atoms with E-state index in [4.69, 9.17) is 0 Å². The van der Waals surface area contributed by atoms with E-state index in [1.165, 1.54) is 0 Å². The number of β-amino-alcohol motifs (C(OH)–C–C–N with tert-alkyl or cyclic N) is 1. The van der Waals surface area contributed by atoms with Crippen molar-refractivity contribution in [3.63, 3.8) is 0 Å². The molecule has 12 heavy (non-hydrogen) atoms. The Bertz CT molecular complexity index is 140. The summed E-state index contributed by atoms with van der Waals surface area (Å²) in [6, 6.07) is 0.371. The van der Waals surface area contributed by atoms with Crippen LogP contribution in [0.1, 0.15) is 20.3 Å². The number of aliphatic hydroxyl groups is 1. The van der Waals surface area contributed by atoms with Crippen LogP contribution in [0.5, 0.6) is 0 Å². The molecule has 0 aromatic carbocycles. The van der Waals surface area contributed by atoms with Gasteiger partial charge in [0.1, 0.15) is 6.67 Å². The predicted octanol–water partition coefficient (Wildman–Crippen LogP) is 1.05. The van der Waals surface area contributed by atoms with Crippen molar-refractivity contribution in [1.82, 2.24) is 4.90 Å². The molecule has 1 heterocycles. The molecule has 0 spiro atoms. The minimum absolute atomic E-state index is 0.246. The first-order valence-corrected chi connectivity index (χ1v) is 4.63. The van der Waals surface area contributed by atoms with Crippen molar-refractivity contribution in [1.29, 1.82) is 0 Å². The van der Waals surface area contributed by atoms with Crippen molar-refractivity contribution in [2.24, 2.45) is 5.92 Å². The van der Waals surface area contributed by atoms with Crippen molar-refractivity contribution in [3.8, 4) is 0 Å². The largest absolute Gasteiger partial charge is 0.392 e. The maximum atomic E-state index is 12.1. The second kappa shape index (κ2) is 4.19. The fourth-order valence-corrected chi connectivity index (χ4v) is 1.97. The monoisotopic (exact) mass is 175 g/mol. The van der Waals surface area contributed by atoms with Crippen LogP contribution in [0, 0.1) is 5.92 Å². The summed E-state index contributed by atoms with van der Waals surface area (Å²) in [4.78, 5) is 2.05. The Morgan fingerprint density at radius 1 is 1.58 bits per heavy atom. The molecule has 1 rings (SSSR count). The van der Waals surface area contributed by atoms with Crippen LogP contribution in [0.15, 0.2) is 0 Å². The molecule has 1 fully saturated rings. The van der Waals surface area contributed by atoms with Crippen molar-refractivity contribution in [2.45, 2.75) is 32.4 Å². The lowest BCUT2D eigenvalue weighted by atomic mass is 10.0. The van der Waals surface area contributed by atoms with Gasteiger partial charge >= 0.3 is 0 Å². The maximum Gasteiger partial charge on any atom is 0.102 e. The van der Waals surface area contributed by atoms with Crippen LogP contribution in [0.2, 0.25) is 0 Å². The third-order valence-corrected chi connectivity index (χ3v) is 2.57. The van der Waals surface area contributed by atoms with Gasteiger partial charge in [-0.05, 0) is 12.3 Å². The Balaban J connectivity index is 2.47. The SMILES string of the molecule is CC(C)[C@@H]1C[C@H](O)CN1CCF. The van der Waals surface area contributed by atoms with Crippen molar-refractivity contribution >= 4 is 0 Å². The van der Waals surface area contributed by atoms with Gasteiger partial charge in [-0.25, -0.2) is 4.39 Å². The van der Waals surface area contributed by atoms with E-state index >= 15 is 0 Å². The fraction of sp³-hybridized carbons (Fsp3) is 1.00. The second-order valence-electron chi connectivity index (χ2n) is 3.88. The highest BCUT2D eigenvalue weighted by Crippen LogP contribution is 2.23. The van der Waals surface area contributed by atoms with Crippen LogP contribution in [-0.4, -0.2) is 41.9 Å². The molecule has 1 aliphatic heterocycles. The van der Waals surface area contributed by atoms with Gasteiger partial charge in [-0.2, -0.15) is 0 Å². The number of nitrogens with zero attached hydrogens (tertiary/aromatic N) is 1. The van der Waals surface area contributed by atoms with E-state index in [1.54, 1.807) is 0 Å². The van der Waals surface area contributed by atoms with E-state index in [2.05, 4.69) is 18.7 Å². The standard InChI is InChI=1S/C9H18FNO/c1-7(2)9-5-8(12)6-11(9)4-3-10/h7-9,12H,3-6H2,1-2H3/t8-,9-/m0/s1. The molecule has 0 aromatic heterocycles. The highest BCUT2D eigenvalue weighted by atomic mass is 19.1. The molecular weight excluding hydrogens is 157 g/mol. The van der Waals surface area contributed by atoms with E-state index in [0.29, 0.717) is 25.0 Å². The highest BCUT2D eigenvalue weighted by Gasteiger charge is 2.32. The average molecular weight is 175 g/mol. The fourth-order valence-electron chi connectivity index (χ4n) is 1.97. The van der Waals surface area contributed by atoms with Crippen molar-refractivity contribution in [3.05, 3.63) is 0 Å². The number of hydrogen-bond acceptors (Lipinski definition) is 2. The van der Waals surface area contributed by atoms with Gasteiger partial charge in [0.05, 0.1) is 6.10 Å². The Hall–Kier alpha value is -0.150. The van der Waals surface area contributed by atoms with E-state index < -0.39 is 0 Å². The molecule has 0 bridgehead atoms. The maximum absolute atomic E-state index is 12.1. The normalized spacial score (nSPS) is 31.8. The molecule has 2 atom stereocenters. The summed E-state index contributed by atoms with van der Waals surface area (Å²) >= 11 is 0. The quantitative estimate of drug-likeness (QED) is 0.693. The van der Waals surface area contributed by atoms with Crippen LogP contribution in [0.4, 0.5) is 4.39 Å². The number of rotatable bonds is 3.